The number of nitrogens with zero attached hydrogens (tertiary/aromatic N) is 2. The number of hydrogen-bond donors (Lipinski definition) is 1. The highest BCUT2D eigenvalue weighted by atomic mass is 32.1. The van der Waals surface area contributed by atoms with Gasteiger partial charge in [0.1, 0.15) is 6.33 Å². The van der Waals surface area contributed by atoms with Crippen molar-refractivity contribution in [2.45, 2.75) is 25.8 Å². The van der Waals surface area contributed by atoms with Crippen molar-refractivity contribution in [3.05, 3.63) is 59.5 Å². The van der Waals surface area contributed by atoms with Crippen LogP contribution in [0.25, 0.3) is 10.1 Å². The third kappa shape index (κ3) is 3.28. The zero-order valence-corrected chi connectivity index (χ0v) is 12.9. The standard InChI is InChI=1S/C17H19N3S/c1-2-7-20-16(14-9-18-12-19-10-14)8-13-11-21-17-6-4-3-5-15(13)17/h3-6,9-12,16,20H,2,7-8H2,1H3. The smallest absolute Gasteiger partial charge is 0.115 e. The van der Waals surface area contributed by atoms with E-state index < -0.39 is 0 Å². The summed E-state index contributed by atoms with van der Waals surface area (Å²) in [6.07, 6.45) is 7.50. The summed E-state index contributed by atoms with van der Waals surface area (Å²) in [5.41, 5.74) is 2.55. The number of aromatic nitrogens is 2. The molecule has 0 radical (unpaired) electrons. The van der Waals surface area contributed by atoms with Gasteiger partial charge in [-0.1, -0.05) is 25.1 Å². The molecule has 2 heterocycles. The van der Waals surface area contributed by atoms with Gasteiger partial charge in [-0.3, -0.25) is 0 Å². The molecule has 0 spiro atoms. The van der Waals surface area contributed by atoms with Crippen LogP contribution in [-0.2, 0) is 6.42 Å². The summed E-state index contributed by atoms with van der Waals surface area (Å²) in [4.78, 5) is 8.31. The lowest BCUT2D eigenvalue weighted by molar-refractivity contribution is 0.528. The average molecular weight is 297 g/mol. The van der Waals surface area contributed by atoms with Crippen LogP contribution >= 0.6 is 11.3 Å². The van der Waals surface area contributed by atoms with Crippen molar-refractivity contribution in [3.63, 3.8) is 0 Å². The molecule has 2 aromatic heterocycles. The third-order valence-corrected chi connectivity index (χ3v) is 4.62. The zero-order chi connectivity index (χ0) is 14.5. The maximum absolute atomic E-state index is 4.16. The molecule has 4 heteroatoms. The molecular weight excluding hydrogens is 278 g/mol. The van der Waals surface area contributed by atoms with E-state index in [4.69, 9.17) is 0 Å². The van der Waals surface area contributed by atoms with Crippen LogP contribution in [-0.4, -0.2) is 16.5 Å². The van der Waals surface area contributed by atoms with Gasteiger partial charge in [-0.2, -0.15) is 0 Å². The van der Waals surface area contributed by atoms with Crippen LogP contribution in [0.1, 0.15) is 30.5 Å². The van der Waals surface area contributed by atoms with Crippen LogP contribution in [0.4, 0.5) is 0 Å². The Hall–Kier alpha value is -1.78. The topological polar surface area (TPSA) is 37.8 Å². The Balaban J connectivity index is 1.87. The van der Waals surface area contributed by atoms with E-state index in [2.05, 4.69) is 51.9 Å². The lowest BCUT2D eigenvalue weighted by atomic mass is 10.0. The summed E-state index contributed by atoms with van der Waals surface area (Å²) in [6, 6.07) is 8.87. The molecule has 0 saturated heterocycles. The average Bonchev–Trinajstić information content (AvgIpc) is 2.95. The summed E-state index contributed by atoms with van der Waals surface area (Å²) in [6.45, 7) is 3.19. The van der Waals surface area contributed by atoms with Gasteiger partial charge >= 0.3 is 0 Å². The predicted molar refractivity (Wildman–Crippen MR) is 88.6 cm³/mol. The lowest BCUT2D eigenvalue weighted by Gasteiger charge is -2.18. The Morgan fingerprint density at radius 2 is 2.00 bits per heavy atom. The van der Waals surface area contributed by atoms with Crippen molar-refractivity contribution in [1.82, 2.24) is 15.3 Å². The van der Waals surface area contributed by atoms with Crippen LogP contribution in [0.15, 0.2) is 48.4 Å². The van der Waals surface area contributed by atoms with Crippen LogP contribution in [0, 0.1) is 0 Å². The van der Waals surface area contributed by atoms with Crippen molar-refractivity contribution in [1.29, 1.82) is 0 Å². The first kappa shape index (κ1) is 14.2. The van der Waals surface area contributed by atoms with Gasteiger partial charge in [0.25, 0.3) is 0 Å². The van der Waals surface area contributed by atoms with E-state index in [1.807, 2.05) is 23.7 Å². The number of benzene rings is 1. The quantitative estimate of drug-likeness (QED) is 0.748. The molecule has 0 amide bonds. The molecule has 0 bridgehead atoms. The van der Waals surface area contributed by atoms with Crippen LogP contribution < -0.4 is 5.32 Å². The monoisotopic (exact) mass is 297 g/mol. The first-order valence-electron chi connectivity index (χ1n) is 7.32. The molecular formula is C17H19N3S. The molecule has 0 saturated carbocycles. The molecule has 3 aromatic rings. The highest BCUT2D eigenvalue weighted by Crippen LogP contribution is 2.29. The molecule has 0 fully saturated rings. The normalized spacial score (nSPS) is 12.6. The molecule has 1 N–H and O–H groups in total. The molecule has 0 aliphatic rings. The third-order valence-electron chi connectivity index (χ3n) is 3.61. The van der Waals surface area contributed by atoms with Gasteiger partial charge in [-0.25, -0.2) is 9.97 Å². The molecule has 108 valence electrons. The Kier molecular flexibility index (Phi) is 4.58. The van der Waals surface area contributed by atoms with Crippen LogP contribution in [0.3, 0.4) is 0 Å². The van der Waals surface area contributed by atoms with Crippen molar-refractivity contribution >= 4 is 21.4 Å². The van der Waals surface area contributed by atoms with Crippen molar-refractivity contribution in [2.75, 3.05) is 6.54 Å². The second-order valence-corrected chi connectivity index (χ2v) is 6.05. The van der Waals surface area contributed by atoms with Crippen molar-refractivity contribution in [3.8, 4) is 0 Å². The number of hydrogen-bond acceptors (Lipinski definition) is 4. The maximum atomic E-state index is 4.16. The highest BCUT2D eigenvalue weighted by Gasteiger charge is 2.14. The minimum absolute atomic E-state index is 0.268. The fourth-order valence-electron chi connectivity index (χ4n) is 2.53. The van der Waals surface area contributed by atoms with E-state index in [0.717, 1.165) is 24.9 Å². The maximum Gasteiger partial charge on any atom is 0.115 e. The van der Waals surface area contributed by atoms with Gasteiger partial charge in [0.15, 0.2) is 0 Å². The van der Waals surface area contributed by atoms with E-state index in [9.17, 15) is 0 Å². The largest absolute Gasteiger partial charge is 0.310 e. The number of rotatable bonds is 6. The van der Waals surface area contributed by atoms with E-state index in [0.29, 0.717) is 0 Å². The molecule has 3 rings (SSSR count). The minimum Gasteiger partial charge on any atom is -0.310 e. The summed E-state index contributed by atoms with van der Waals surface area (Å²) >= 11 is 1.82. The van der Waals surface area contributed by atoms with Gasteiger partial charge in [-0.05, 0) is 41.8 Å². The van der Waals surface area contributed by atoms with Gasteiger partial charge in [0, 0.05) is 28.7 Å². The van der Waals surface area contributed by atoms with Crippen molar-refractivity contribution in [2.24, 2.45) is 0 Å². The number of thiophene rings is 1. The van der Waals surface area contributed by atoms with Crippen LogP contribution in [0.5, 0.6) is 0 Å². The highest BCUT2D eigenvalue weighted by molar-refractivity contribution is 7.17. The molecule has 0 aliphatic heterocycles. The molecule has 1 aromatic carbocycles. The summed E-state index contributed by atoms with van der Waals surface area (Å²) in [5, 5.41) is 7.25. The van der Waals surface area contributed by atoms with Gasteiger partial charge in [-0.15, -0.1) is 11.3 Å². The van der Waals surface area contributed by atoms with E-state index >= 15 is 0 Å². The van der Waals surface area contributed by atoms with Crippen molar-refractivity contribution < 1.29 is 0 Å². The Morgan fingerprint density at radius 3 is 2.81 bits per heavy atom. The molecule has 21 heavy (non-hydrogen) atoms. The first-order valence-corrected chi connectivity index (χ1v) is 8.20. The van der Waals surface area contributed by atoms with E-state index in [1.165, 1.54) is 15.6 Å². The van der Waals surface area contributed by atoms with Gasteiger partial charge in [0.05, 0.1) is 0 Å². The fourth-order valence-corrected chi connectivity index (χ4v) is 3.50. The summed E-state index contributed by atoms with van der Waals surface area (Å²) in [5.74, 6) is 0. The SMILES string of the molecule is CCCNC(Cc1csc2ccccc12)c1cncnc1. The lowest BCUT2D eigenvalue weighted by Crippen LogP contribution is -2.24. The summed E-state index contributed by atoms with van der Waals surface area (Å²) in [7, 11) is 0. The predicted octanol–water partition coefficient (Wildman–Crippen LogP) is 3.97. The molecule has 1 unspecified atom stereocenters. The molecule has 3 nitrogen and oxygen atoms in total. The summed E-state index contributed by atoms with van der Waals surface area (Å²) < 4.78 is 1.35. The fraction of sp³-hybridized carbons (Fsp3) is 0.294. The van der Waals surface area contributed by atoms with Gasteiger partial charge < -0.3 is 5.32 Å². The van der Waals surface area contributed by atoms with E-state index in [-0.39, 0.29) is 6.04 Å². The van der Waals surface area contributed by atoms with Gasteiger partial charge in [0.2, 0.25) is 0 Å². The Bertz CT molecular complexity index is 693. The van der Waals surface area contributed by atoms with E-state index in [1.54, 1.807) is 6.33 Å². The molecule has 1 atom stereocenters. The second-order valence-electron chi connectivity index (χ2n) is 5.14. The van der Waals surface area contributed by atoms with Crippen LogP contribution in [0.2, 0.25) is 0 Å². The molecule has 0 aliphatic carbocycles. The number of fused-ring (bicyclic) bond motifs is 1. The number of nitrogens with one attached hydrogen (secondary N) is 1. The second kappa shape index (κ2) is 6.78. The zero-order valence-electron chi connectivity index (χ0n) is 12.1. The minimum atomic E-state index is 0.268. The first-order chi connectivity index (χ1) is 10.4. The Morgan fingerprint density at radius 1 is 1.19 bits per heavy atom. The Labute approximate surface area is 129 Å².